The highest BCUT2D eigenvalue weighted by Crippen LogP contribution is 2.17. The fraction of sp³-hybridized carbons (Fsp3) is 0.200. The van der Waals surface area contributed by atoms with Crippen LogP contribution in [0.25, 0.3) is 6.08 Å². The number of hydrogen-bond donors (Lipinski definition) is 2. The molecule has 1 aromatic carbocycles. The van der Waals surface area contributed by atoms with Crippen LogP contribution in [-0.2, 0) is 4.79 Å². The molecule has 0 aliphatic carbocycles. The molecule has 0 fully saturated rings. The molecule has 0 aliphatic heterocycles. The molecular weight excluding hydrogens is 274 g/mol. The van der Waals surface area contributed by atoms with Crippen LogP contribution in [0.15, 0.2) is 36.7 Å². The first-order chi connectivity index (χ1) is 9.56. The molecule has 1 amide bonds. The van der Waals surface area contributed by atoms with Crippen LogP contribution in [0, 0.1) is 6.92 Å². The minimum Gasteiger partial charge on any atom is -0.346 e. The Labute approximate surface area is 122 Å². The Balaban J connectivity index is 1.97. The number of aryl methyl sites for hydroxylation is 1. The summed E-state index contributed by atoms with van der Waals surface area (Å²) in [6.07, 6.45) is 6.68. The normalized spacial score (nSPS) is 12.6. The number of H-pyrrole nitrogens is 1. The van der Waals surface area contributed by atoms with Gasteiger partial charge < -0.3 is 5.32 Å². The smallest absolute Gasteiger partial charge is 0.244 e. The van der Waals surface area contributed by atoms with Crippen LogP contribution in [0.3, 0.4) is 0 Å². The zero-order chi connectivity index (χ0) is 14.5. The van der Waals surface area contributed by atoms with Gasteiger partial charge in [-0.25, -0.2) is 0 Å². The Bertz CT molecular complexity index is 620. The first-order valence-electron chi connectivity index (χ1n) is 6.29. The number of hydrogen-bond acceptors (Lipinski definition) is 2. The summed E-state index contributed by atoms with van der Waals surface area (Å²) in [4.78, 5) is 11.8. The molecule has 1 unspecified atom stereocenters. The lowest BCUT2D eigenvalue weighted by Gasteiger charge is -2.09. The molecule has 1 aromatic heterocycles. The minimum absolute atomic E-state index is 0.0903. The predicted octanol–water partition coefficient (Wildman–Crippen LogP) is 3.26. The fourth-order valence-electron chi connectivity index (χ4n) is 1.73. The fourth-order valence-corrected chi connectivity index (χ4v) is 1.92. The Hall–Kier alpha value is -2.07. The summed E-state index contributed by atoms with van der Waals surface area (Å²) in [7, 11) is 0. The van der Waals surface area contributed by atoms with Gasteiger partial charge >= 0.3 is 0 Å². The summed E-state index contributed by atoms with van der Waals surface area (Å²) in [5, 5.41) is 10.1. The van der Waals surface area contributed by atoms with Crippen molar-refractivity contribution in [1.29, 1.82) is 0 Å². The Morgan fingerprint density at radius 2 is 2.30 bits per heavy atom. The lowest BCUT2D eigenvalue weighted by atomic mass is 10.1. The van der Waals surface area contributed by atoms with Gasteiger partial charge in [-0.05, 0) is 37.1 Å². The topological polar surface area (TPSA) is 57.8 Å². The lowest BCUT2D eigenvalue weighted by Crippen LogP contribution is -2.24. The van der Waals surface area contributed by atoms with Gasteiger partial charge in [-0.2, -0.15) is 5.10 Å². The molecule has 0 bridgehead atoms. The molecule has 1 heterocycles. The number of carbonyl (C=O) groups is 1. The van der Waals surface area contributed by atoms with Gasteiger partial charge in [0.25, 0.3) is 0 Å². The van der Waals surface area contributed by atoms with E-state index in [9.17, 15) is 4.79 Å². The number of benzene rings is 1. The van der Waals surface area contributed by atoms with Crippen molar-refractivity contribution in [2.24, 2.45) is 0 Å². The minimum atomic E-state index is -0.157. The van der Waals surface area contributed by atoms with Gasteiger partial charge in [0.2, 0.25) is 5.91 Å². The molecule has 104 valence electrons. The monoisotopic (exact) mass is 289 g/mol. The average Bonchev–Trinajstić information content (AvgIpc) is 2.94. The standard InChI is InChI=1S/C15H16ClN3O/c1-10-3-4-12(7-14(10)16)5-6-15(20)19-11(2)13-8-17-18-9-13/h3-9,11H,1-2H3,(H,17,18)(H,19,20)/b6-5+. The second kappa shape index (κ2) is 6.39. The summed E-state index contributed by atoms with van der Waals surface area (Å²) < 4.78 is 0. The van der Waals surface area contributed by atoms with Crippen molar-refractivity contribution >= 4 is 23.6 Å². The van der Waals surface area contributed by atoms with Gasteiger partial charge in [-0.15, -0.1) is 0 Å². The second-order valence-electron chi connectivity index (χ2n) is 4.60. The van der Waals surface area contributed by atoms with Crippen molar-refractivity contribution in [3.63, 3.8) is 0 Å². The molecular formula is C15H16ClN3O. The lowest BCUT2D eigenvalue weighted by molar-refractivity contribution is -0.117. The number of nitrogens with one attached hydrogen (secondary N) is 2. The van der Waals surface area contributed by atoms with E-state index in [1.54, 1.807) is 18.5 Å². The van der Waals surface area contributed by atoms with Crippen molar-refractivity contribution in [3.8, 4) is 0 Å². The van der Waals surface area contributed by atoms with Gasteiger partial charge in [0.1, 0.15) is 0 Å². The van der Waals surface area contributed by atoms with Crippen molar-refractivity contribution in [2.75, 3.05) is 0 Å². The zero-order valence-corrected chi connectivity index (χ0v) is 12.1. The summed E-state index contributed by atoms with van der Waals surface area (Å²) >= 11 is 6.04. The van der Waals surface area contributed by atoms with Crippen LogP contribution in [0.2, 0.25) is 5.02 Å². The van der Waals surface area contributed by atoms with Gasteiger partial charge in [-0.3, -0.25) is 9.89 Å². The largest absolute Gasteiger partial charge is 0.346 e. The third kappa shape index (κ3) is 3.71. The number of aromatic amines is 1. The van der Waals surface area contributed by atoms with Crippen molar-refractivity contribution < 1.29 is 4.79 Å². The van der Waals surface area contributed by atoms with E-state index in [4.69, 9.17) is 11.6 Å². The van der Waals surface area contributed by atoms with E-state index in [1.807, 2.05) is 32.0 Å². The number of amides is 1. The number of aromatic nitrogens is 2. The number of nitrogens with zero attached hydrogens (tertiary/aromatic N) is 1. The van der Waals surface area contributed by atoms with Gasteiger partial charge in [0.05, 0.1) is 12.2 Å². The number of halogens is 1. The summed E-state index contributed by atoms with van der Waals surface area (Å²) in [5.41, 5.74) is 2.85. The number of carbonyl (C=O) groups excluding carboxylic acids is 1. The molecule has 0 saturated heterocycles. The van der Waals surface area contributed by atoms with Crippen LogP contribution in [0.1, 0.15) is 29.7 Å². The summed E-state index contributed by atoms with van der Waals surface area (Å²) in [6.45, 7) is 3.84. The predicted molar refractivity (Wildman–Crippen MR) is 80.4 cm³/mol. The SMILES string of the molecule is Cc1ccc(/C=C/C(=O)NC(C)c2cn[nH]c2)cc1Cl. The number of rotatable bonds is 4. The maximum atomic E-state index is 11.8. The molecule has 0 aliphatic rings. The Morgan fingerprint density at radius 3 is 2.95 bits per heavy atom. The molecule has 2 rings (SSSR count). The molecule has 2 N–H and O–H groups in total. The van der Waals surface area contributed by atoms with Crippen molar-refractivity contribution in [3.05, 3.63) is 58.4 Å². The van der Waals surface area contributed by atoms with Crippen LogP contribution in [0.5, 0.6) is 0 Å². The van der Waals surface area contributed by atoms with E-state index in [0.29, 0.717) is 5.02 Å². The van der Waals surface area contributed by atoms with Crippen molar-refractivity contribution in [1.82, 2.24) is 15.5 Å². The van der Waals surface area contributed by atoms with Gasteiger partial charge in [0, 0.05) is 22.9 Å². The highest BCUT2D eigenvalue weighted by atomic mass is 35.5. The molecule has 1 atom stereocenters. The summed E-state index contributed by atoms with van der Waals surface area (Å²) in [5.74, 6) is -0.157. The molecule has 0 saturated carbocycles. The molecule has 0 radical (unpaired) electrons. The maximum absolute atomic E-state index is 11.8. The molecule has 5 heteroatoms. The molecule has 2 aromatic rings. The first-order valence-corrected chi connectivity index (χ1v) is 6.67. The quantitative estimate of drug-likeness (QED) is 0.849. The van der Waals surface area contributed by atoms with E-state index < -0.39 is 0 Å². The highest BCUT2D eigenvalue weighted by Gasteiger charge is 2.07. The highest BCUT2D eigenvalue weighted by molar-refractivity contribution is 6.31. The third-order valence-corrected chi connectivity index (χ3v) is 3.41. The van der Waals surface area contributed by atoms with Gasteiger partial charge in [-0.1, -0.05) is 23.7 Å². The van der Waals surface area contributed by atoms with E-state index in [-0.39, 0.29) is 11.9 Å². The average molecular weight is 290 g/mol. The van der Waals surface area contributed by atoms with Crippen molar-refractivity contribution in [2.45, 2.75) is 19.9 Å². The Kier molecular flexibility index (Phi) is 4.58. The van der Waals surface area contributed by atoms with Crippen LogP contribution < -0.4 is 5.32 Å². The summed E-state index contributed by atoms with van der Waals surface area (Å²) in [6, 6.07) is 5.59. The van der Waals surface area contributed by atoms with Gasteiger partial charge in [0.15, 0.2) is 0 Å². The van der Waals surface area contributed by atoms with Crippen LogP contribution in [0.4, 0.5) is 0 Å². The van der Waals surface area contributed by atoms with Crippen LogP contribution in [-0.4, -0.2) is 16.1 Å². The Morgan fingerprint density at radius 1 is 1.50 bits per heavy atom. The first kappa shape index (κ1) is 14.3. The molecule has 4 nitrogen and oxygen atoms in total. The van der Waals surface area contributed by atoms with E-state index in [0.717, 1.165) is 16.7 Å². The second-order valence-corrected chi connectivity index (χ2v) is 5.01. The van der Waals surface area contributed by atoms with E-state index >= 15 is 0 Å². The van der Waals surface area contributed by atoms with Crippen LogP contribution >= 0.6 is 11.6 Å². The zero-order valence-electron chi connectivity index (χ0n) is 11.4. The maximum Gasteiger partial charge on any atom is 0.244 e. The van der Waals surface area contributed by atoms with E-state index in [2.05, 4.69) is 15.5 Å². The third-order valence-electron chi connectivity index (χ3n) is 3.00. The molecule has 0 spiro atoms. The molecule has 20 heavy (non-hydrogen) atoms. The van der Waals surface area contributed by atoms with E-state index in [1.165, 1.54) is 6.08 Å².